The molecule has 2 N–H and O–H groups in total. The smallest absolute Gasteiger partial charge is 0.274 e. The topological polar surface area (TPSA) is 66.9 Å². The van der Waals surface area contributed by atoms with Crippen LogP contribution in [-0.4, -0.2) is 22.4 Å². The Kier molecular flexibility index (Phi) is 4.87. The summed E-state index contributed by atoms with van der Waals surface area (Å²) in [6.07, 6.45) is 2.39. The Morgan fingerprint density at radius 1 is 1.19 bits per heavy atom. The van der Waals surface area contributed by atoms with Gasteiger partial charge in [-0.25, -0.2) is 9.97 Å². The first-order valence-electron chi connectivity index (χ1n) is 7.04. The van der Waals surface area contributed by atoms with Gasteiger partial charge in [0.15, 0.2) is 0 Å². The normalized spacial score (nSPS) is 10.2. The number of hydrogen-bond acceptors (Lipinski definition) is 4. The van der Waals surface area contributed by atoms with Crippen LogP contribution >= 0.6 is 0 Å². The Morgan fingerprint density at radius 3 is 2.76 bits per heavy atom. The zero-order chi connectivity index (χ0) is 15.2. The van der Waals surface area contributed by atoms with E-state index in [9.17, 15) is 4.79 Å². The molecule has 1 aromatic heterocycles. The Labute approximate surface area is 124 Å². The number of amides is 1. The van der Waals surface area contributed by atoms with Gasteiger partial charge in [0.1, 0.15) is 17.8 Å². The second-order valence-corrected chi connectivity index (χ2v) is 4.99. The standard InChI is InChI=1S/C16H20N4O/c1-4-7-17-15-9-14(18-10-19-15)16(21)20-13-8-11(2)5-6-12(13)3/h5-6,8-10H,4,7H2,1-3H3,(H,20,21)(H,17,18,19). The molecular weight excluding hydrogens is 264 g/mol. The van der Waals surface area contributed by atoms with E-state index in [1.165, 1.54) is 6.33 Å². The summed E-state index contributed by atoms with van der Waals surface area (Å²) in [4.78, 5) is 20.4. The zero-order valence-corrected chi connectivity index (χ0v) is 12.6. The number of carbonyl (C=O) groups is 1. The van der Waals surface area contributed by atoms with Crippen LogP contribution in [0.1, 0.15) is 35.0 Å². The highest BCUT2D eigenvalue weighted by Crippen LogP contribution is 2.17. The van der Waals surface area contributed by atoms with Crippen LogP contribution in [0.5, 0.6) is 0 Å². The van der Waals surface area contributed by atoms with E-state index in [0.29, 0.717) is 11.5 Å². The van der Waals surface area contributed by atoms with E-state index in [-0.39, 0.29) is 5.91 Å². The van der Waals surface area contributed by atoms with Crippen LogP contribution in [0.4, 0.5) is 11.5 Å². The molecule has 0 atom stereocenters. The van der Waals surface area contributed by atoms with E-state index in [2.05, 4.69) is 27.5 Å². The number of benzene rings is 1. The molecule has 2 aromatic rings. The van der Waals surface area contributed by atoms with Crippen molar-refractivity contribution in [3.05, 3.63) is 47.4 Å². The highest BCUT2D eigenvalue weighted by molar-refractivity contribution is 6.03. The first-order valence-corrected chi connectivity index (χ1v) is 7.04. The lowest BCUT2D eigenvalue weighted by molar-refractivity contribution is 0.102. The van der Waals surface area contributed by atoms with Gasteiger partial charge >= 0.3 is 0 Å². The molecule has 1 amide bonds. The van der Waals surface area contributed by atoms with Crippen molar-refractivity contribution < 1.29 is 4.79 Å². The predicted molar refractivity (Wildman–Crippen MR) is 84.7 cm³/mol. The van der Waals surface area contributed by atoms with Crippen molar-refractivity contribution in [2.75, 3.05) is 17.2 Å². The number of carbonyl (C=O) groups excluding carboxylic acids is 1. The number of anilines is 2. The van der Waals surface area contributed by atoms with Crippen molar-refractivity contribution in [2.45, 2.75) is 27.2 Å². The van der Waals surface area contributed by atoms with Crippen molar-refractivity contribution >= 4 is 17.4 Å². The molecule has 5 nitrogen and oxygen atoms in total. The summed E-state index contributed by atoms with van der Waals surface area (Å²) in [7, 11) is 0. The van der Waals surface area contributed by atoms with E-state index in [0.717, 1.165) is 29.8 Å². The maximum atomic E-state index is 12.3. The largest absolute Gasteiger partial charge is 0.370 e. The molecule has 0 spiro atoms. The van der Waals surface area contributed by atoms with Gasteiger partial charge in [-0.15, -0.1) is 0 Å². The van der Waals surface area contributed by atoms with Crippen molar-refractivity contribution in [1.82, 2.24) is 9.97 Å². The molecule has 0 aliphatic heterocycles. The first-order chi connectivity index (χ1) is 10.1. The van der Waals surface area contributed by atoms with Crippen LogP contribution in [0.25, 0.3) is 0 Å². The second kappa shape index (κ2) is 6.83. The van der Waals surface area contributed by atoms with Gasteiger partial charge in [0.05, 0.1) is 0 Å². The number of aryl methyl sites for hydroxylation is 2. The van der Waals surface area contributed by atoms with Crippen LogP contribution < -0.4 is 10.6 Å². The minimum Gasteiger partial charge on any atom is -0.370 e. The molecule has 1 aromatic carbocycles. The van der Waals surface area contributed by atoms with Crippen molar-refractivity contribution in [2.24, 2.45) is 0 Å². The molecule has 0 bridgehead atoms. The summed E-state index contributed by atoms with van der Waals surface area (Å²) in [5.41, 5.74) is 3.28. The third-order valence-electron chi connectivity index (χ3n) is 3.10. The highest BCUT2D eigenvalue weighted by Gasteiger charge is 2.10. The zero-order valence-electron chi connectivity index (χ0n) is 12.6. The minimum atomic E-state index is -0.231. The van der Waals surface area contributed by atoms with Gasteiger partial charge in [-0.05, 0) is 37.5 Å². The van der Waals surface area contributed by atoms with Crippen LogP contribution in [0.2, 0.25) is 0 Å². The molecule has 0 saturated heterocycles. The van der Waals surface area contributed by atoms with Gasteiger partial charge in [-0.3, -0.25) is 4.79 Å². The molecule has 5 heteroatoms. The number of nitrogens with one attached hydrogen (secondary N) is 2. The SMILES string of the molecule is CCCNc1cc(C(=O)Nc2cc(C)ccc2C)ncn1. The average molecular weight is 284 g/mol. The van der Waals surface area contributed by atoms with Gasteiger partial charge < -0.3 is 10.6 Å². The molecule has 0 saturated carbocycles. The fourth-order valence-corrected chi connectivity index (χ4v) is 1.89. The summed E-state index contributed by atoms with van der Waals surface area (Å²) in [5.74, 6) is 0.434. The molecule has 2 rings (SSSR count). The van der Waals surface area contributed by atoms with Gasteiger partial charge in [0.25, 0.3) is 5.91 Å². The first kappa shape index (κ1) is 15.0. The summed E-state index contributed by atoms with van der Waals surface area (Å²) < 4.78 is 0. The minimum absolute atomic E-state index is 0.231. The monoisotopic (exact) mass is 284 g/mol. The van der Waals surface area contributed by atoms with E-state index in [1.807, 2.05) is 32.0 Å². The molecular formula is C16H20N4O. The van der Waals surface area contributed by atoms with E-state index < -0.39 is 0 Å². The molecule has 0 aliphatic rings. The third-order valence-corrected chi connectivity index (χ3v) is 3.10. The van der Waals surface area contributed by atoms with Crippen LogP contribution in [-0.2, 0) is 0 Å². The third kappa shape index (κ3) is 4.02. The molecule has 0 aliphatic carbocycles. The summed E-state index contributed by atoms with van der Waals surface area (Å²) in [5, 5.41) is 6.04. The van der Waals surface area contributed by atoms with Crippen LogP contribution in [0.15, 0.2) is 30.6 Å². The number of rotatable bonds is 5. The Balaban J connectivity index is 2.14. The van der Waals surface area contributed by atoms with Gasteiger partial charge in [0.2, 0.25) is 0 Å². The maximum Gasteiger partial charge on any atom is 0.274 e. The van der Waals surface area contributed by atoms with E-state index >= 15 is 0 Å². The van der Waals surface area contributed by atoms with E-state index in [4.69, 9.17) is 0 Å². The van der Waals surface area contributed by atoms with E-state index in [1.54, 1.807) is 6.07 Å². The number of nitrogens with zero attached hydrogens (tertiary/aromatic N) is 2. The molecule has 0 fully saturated rings. The highest BCUT2D eigenvalue weighted by atomic mass is 16.1. The molecule has 0 radical (unpaired) electrons. The lowest BCUT2D eigenvalue weighted by Crippen LogP contribution is -2.15. The van der Waals surface area contributed by atoms with Crippen molar-refractivity contribution in [3.63, 3.8) is 0 Å². The Hall–Kier alpha value is -2.43. The summed E-state index contributed by atoms with van der Waals surface area (Å²) >= 11 is 0. The molecule has 21 heavy (non-hydrogen) atoms. The van der Waals surface area contributed by atoms with Gasteiger partial charge in [-0.2, -0.15) is 0 Å². The maximum absolute atomic E-state index is 12.3. The molecule has 0 unspecified atom stereocenters. The lowest BCUT2D eigenvalue weighted by atomic mass is 10.1. The van der Waals surface area contributed by atoms with Crippen LogP contribution in [0.3, 0.4) is 0 Å². The fraction of sp³-hybridized carbons (Fsp3) is 0.312. The summed E-state index contributed by atoms with van der Waals surface area (Å²) in [6, 6.07) is 7.61. The van der Waals surface area contributed by atoms with Gasteiger partial charge in [-0.1, -0.05) is 19.1 Å². The molecule has 1 heterocycles. The number of aromatic nitrogens is 2. The Morgan fingerprint density at radius 2 is 2.00 bits per heavy atom. The second-order valence-electron chi connectivity index (χ2n) is 4.99. The summed E-state index contributed by atoms with van der Waals surface area (Å²) in [6.45, 7) is 6.84. The fourth-order valence-electron chi connectivity index (χ4n) is 1.89. The van der Waals surface area contributed by atoms with Gasteiger partial charge in [0, 0.05) is 18.3 Å². The lowest BCUT2D eigenvalue weighted by Gasteiger charge is -2.10. The average Bonchev–Trinajstić information content (AvgIpc) is 2.49. The molecule has 110 valence electrons. The predicted octanol–water partition coefficient (Wildman–Crippen LogP) is 3.17. The Bertz CT molecular complexity index is 640. The van der Waals surface area contributed by atoms with Crippen LogP contribution in [0, 0.1) is 13.8 Å². The van der Waals surface area contributed by atoms with Crippen molar-refractivity contribution in [3.8, 4) is 0 Å². The quantitative estimate of drug-likeness (QED) is 0.885. The van der Waals surface area contributed by atoms with Crippen molar-refractivity contribution in [1.29, 1.82) is 0 Å². The number of hydrogen-bond donors (Lipinski definition) is 2.